The summed E-state index contributed by atoms with van der Waals surface area (Å²) in [6, 6.07) is 14.9. The number of nitrogens with zero attached hydrogens (tertiary/aromatic N) is 4. The molecule has 6 rings (SSSR count). The van der Waals surface area contributed by atoms with Crippen LogP contribution in [0, 0.1) is 5.92 Å². The van der Waals surface area contributed by atoms with Gasteiger partial charge in [0.25, 0.3) is 5.91 Å². The molecule has 10 nitrogen and oxygen atoms in total. The summed E-state index contributed by atoms with van der Waals surface area (Å²) in [6.07, 6.45) is 4.17. The molecular weight excluding hydrogens is 566 g/mol. The van der Waals surface area contributed by atoms with E-state index >= 15 is 0 Å². The summed E-state index contributed by atoms with van der Waals surface area (Å²) in [5.74, 6) is 0.220. The van der Waals surface area contributed by atoms with Crippen molar-refractivity contribution in [2.75, 3.05) is 46.4 Å². The number of pyridine rings is 1. The van der Waals surface area contributed by atoms with Crippen LogP contribution in [-0.4, -0.2) is 83.9 Å². The molecule has 2 aromatic heterocycles. The Morgan fingerprint density at radius 2 is 1.98 bits per heavy atom. The summed E-state index contributed by atoms with van der Waals surface area (Å²) in [5.41, 5.74) is 4.87. The molecule has 11 heteroatoms. The van der Waals surface area contributed by atoms with Gasteiger partial charge in [0.15, 0.2) is 11.5 Å². The van der Waals surface area contributed by atoms with Crippen molar-refractivity contribution in [3.63, 3.8) is 0 Å². The van der Waals surface area contributed by atoms with Crippen molar-refractivity contribution in [2.45, 2.75) is 18.8 Å². The van der Waals surface area contributed by atoms with Crippen LogP contribution in [0.3, 0.4) is 0 Å². The van der Waals surface area contributed by atoms with Crippen molar-refractivity contribution in [1.82, 2.24) is 25.1 Å². The first-order valence-electron chi connectivity index (χ1n) is 14.4. The van der Waals surface area contributed by atoms with Crippen LogP contribution in [0.2, 0.25) is 0 Å². The second kappa shape index (κ2) is 12.8. The van der Waals surface area contributed by atoms with Crippen LogP contribution < -0.4 is 14.8 Å². The third-order valence-electron chi connectivity index (χ3n) is 8.10. The van der Waals surface area contributed by atoms with Gasteiger partial charge >= 0.3 is 0 Å². The lowest BCUT2D eigenvalue weighted by Gasteiger charge is -2.25. The zero-order chi connectivity index (χ0) is 29.8. The number of carbonyl (C=O) groups is 3. The predicted molar refractivity (Wildman–Crippen MR) is 162 cm³/mol. The number of ether oxygens (including phenoxy) is 2. The van der Waals surface area contributed by atoms with E-state index < -0.39 is 5.92 Å². The van der Waals surface area contributed by atoms with E-state index in [2.05, 4.69) is 15.3 Å². The first kappa shape index (κ1) is 28.6. The number of hydrogen-bond donors (Lipinski definition) is 1. The number of carbonyl (C=O) groups excluding carboxylic acids is 3. The van der Waals surface area contributed by atoms with Gasteiger partial charge < -0.3 is 24.6 Å². The summed E-state index contributed by atoms with van der Waals surface area (Å²) in [5, 5.41) is 3.08. The van der Waals surface area contributed by atoms with Gasteiger partial charge in [-0.25, -0.2) is 4.98 Å². The molecular formula is C32H33N5O5S. The number of methoxy groups -OCH3 is 1. The Balaban J connectivity index is 1.24. The van der Waals surface area contributed by atoms with Gasteiger partial charge in [0, 0.05) is 44.5 Å². The van der Waals surface area contributed by atoms with Crippen LogP contribution in [0.15, 0.2) is 66.4 Å². The highest BCUT2D eigenvalue weighted by Crippen LogP contribution is 2.38. The zero-order valence-electron chi connectivity index (χ0n) is 23.9. The molecule has 2 aliphatic rings. The second-order valence-electron chi connectivity index (χ2n) is 10.8. The Morgan fingerprint density at radius 3 is 2.81 bits per heavy atom. The van der Waals surface area contributed by atoms with E-state index in [4.69, 9.17) is 9.47 Å². The number of thiazole rings is 1. The van der Waals surface area contributed by atoms with Crippen molar-refractivity contribution in [3.05, 3.63) is 83.1 Å². The Labute approximate surface area is 253 Å². The molecule has 0 aliphatic carbocycles. The van der Waals surface area contributed by atoms with Gasteiger partial charge in [-0.3, -0.25) is 19.4 Å². The molecule has 4 heterocycles. The van der Waals surface area contributed by atoms with Gasteiger partial charge in [0.1, 0.15) is 6.61 Å². The van der Waals surface area contributed by atoms with E-state index in [9.17, 15) is 14.4 Å². The summed E-state index contributed by atoms with van der Waals surface area (Å²) in [4.78, 5) is 52.5. The number of likely N-dealkylation sites (tertiary alicyclic amines) is 1. The average molecular weight is 600 g/mol. The number of hydrogen-bond acceptors (Lipinski definition) is 8. The van der Waals surface area contributed by atoms with E-state index in [0.717, 1.165) is 21.3 Å². The molecule has 0 unspecified atom stereocenters. The first-order chi connectivity index (χ1) is 21.0. The maximum Gasteiger partial charge on any atom is 0.255 e. The number of benzene rings is 2. The predicted octanol–water partition coefficient (Wildman–Crippen LogP) is 3.53. The average Bonchev–Trinajstić information content (AvgIpc) is 3.70. The topological polar surface area (TPSA) is 114 Å². The molecule has 43 heavy (non-hydrogen) atoms. The van der Waals surface area contributed by atoms with Crippen molar-refractivity contribution >= 4 is 39.3 Å². The normalized spacial score (nSPS) is 19.2. The molecule has 4 aromatic rings. The van der Waals surface area contributed by atoms with E-state index in [-0.39, 0.29) is 36.7 Å². The maximum absolute atomic E-state index is 13.7. The third kappa shape index (κ3) is 6.17. The van der Waals surface area contributed by atoms with Crippen LogP contribution in [0.1, 0.15) is 33.8 Å². The van der Waals surface area contributed by atoms with Crippen LogP contribution in [0.5, 0.6) is 11.5 Å². The van der Waals surface area contributed by atoms with Crippen LogP contribution in [-0.2, 0) is 16.0 Å². The first-order valence-corrected chi connectivity index (χ1v) is 15.3. The summed E-state index contributed by atoms with van der Waals surface area (Å²) >= 11 is 1.44. The van der Waals surface area contributed by atoms with Gasteiger partial charge in [-0.1, -0.05) is 18.2 Å². The van der Waals surface area contributed by atoms with Crippen molar-refractivity contribution in [3.8, 4) is 11.5 Å². The number of nitrogens with one attached hydrogen (secondary N) is 1. The number of aromatic nitrogens is 2. The molecule has 0 spiro atoms. The SMILES string of the molecule is COc1ccc2cc1OCCN(C(=O)c1cccc3ncsc13)CCCNC(=O)[C@H]1CN(C(=O)Cc3cccnc3)C[C@H]21. The minimum atomic E-state index is -0.427. The minimum absolute atomic E-state index is 0.0404. The van der Waals surface area contributed by atoms with Crippen LogP contribution in [0.25, 0.3) is 10.2 Å². The lowest BCUT2D eigenvalue weighted by atomic mass is 9.88. The Bertz CT molecular complexity index is 1630. The standard InChI is InChI=1S/C32H33N5O5S/c1-41-27-9-8-22-16-28(27)42-14-13-36(32(40)23-6-2-7-26-30(23)43-20-35-26)12-4-11-34-31(39)25-19-37(18-24(22)25)29(38)15-21-5-3-10-33-17-21/h2-3,5-10,16-17,20,24-25H,4,11-15,18-19H2,1H3,(H,34,39)/t24-,25+/m1/s1. The van der Waals surface area contributed by atoms with Gasteiger partial charge in [0.05, 0.1) is 47.3 Å². The summed E-state index contributed by atoms with van der Waals surface area (Å²) in [7, 11) is 1.58. The van der Waals surface area contributed by atoms with Crippen molar-refractivity contribution < 1.29 is 23.9 Å². The van der Waals surface area contributed by atoms with E-state index in [1.165, 1.54) is 11.3 Å². The van der Waals surface area contributed by atoms with Crippen molar-refractivity contribution in [2.24, 2.45) is 5.92 Å². The van der Waals surface area contributed by atoms with E-state index in [1.807, 2.05) is 48.5 Å². The number of amides is 3. The lowest BCUT2D eigenvalue weighted by Crippen LogP contribution is -2.39. The van der Waals surface area contributed by atoms with E-state index in [0.29, 0.717) is 56.2 Å². The molecule has 1 N–H and O–H groups in total. The monoisotopic (exact) mass is 599 g/mol. The quantitative estimate of drug-likeness (QED) is 0.382. The van der Waals surface area contributed by atoms with Gasteiger partial charge in [-0.2, -0.15) is 0 Å². The molecule has 2 aliphatic heterocycles. The third-order valence-corrected chi connectivity index (χ3v) is 8.98. The minimum Gasteiger partial charge on any atom is -0.493 e. The van der Waals surface area contributed by atoms with Gasteiger partial charge in [0.2, 0.25) is 11.8 Å². The fourth-order valence-electron chi connectivity index (χ4n) is 5.85. The highest BCUT2D eigenvalue weighted by atomic mass is 32.1. The van der Waals surface area contributed by atoms with E-state index in [1.54, 1.807) is 34.8 Å². The molecule has 1 saturated heterocycles. The molecule has 2 bridgehead atoms. The molecule has 3 amide bonds. The Kier molecular flexibility index (Phi) is 8.50. The molecule has 0 radical (unpaired) electrons. The van der Waals surface area contributed by atoms with Gasteiger partial charge in [-0.15, -0.1) is 11.3 Å². The largest absolute Gasteiger partial charge is 0.493 e. The highest BCUT2D eigenvalue weighted by molar-refractivity contribution is 7.17. The molecule has 2 aromatic carbocycles. The van der Waals surface area contributed by atoms with Crippen LogP contribution in [0.4, 0.5) is 0 Å². The fourth-order valence-corrected chi connectivity index (χ4v) is 6.65. The Morgan fingerprint density at radius 1 is 1.09 bits per heavy atom. The van der Waals surface area contributed by atoms with Crippen LogP contribution >= 0.6 is 11.3 Å². The molecule has 0 saturated carbocycles. The molecule has 1 fully saturated rings. The molecule has 2 atom stereocenters. The molecule has 222 valence electrons. The van der Waals surface area contributed by atoms with Gasteiger partial charge in [-0.05, 0) is 47.9 Å². The lowest BCUT2D eigenvalue weighted by molar-refractivity contribution is -0.130. The number of fused-ring (bicyclic) bond motifs is 5. The second-order valence-corrected chi connectivity index (χ2v) is 11.6. The zero-order valence-corrected chi connectivity index (χ0v) is 24.7. The Hall–Kier alpha value is -4.51. The summed E-state index contributed by atoms with van der Waals surface area (Å²) in [6.45, 7) is 2.22. The fraction of sp³-hybridized carbons (Fsp3) is 0.344. The smallest absolute Gasteiger partial charge is 0.255 e. The maximum atomic E-state index is 13.7. The summed E-state index contributed by atoms with van der Waals surface area (Å²) < 4.78 is 12.6. The highest BCUT2D eigenvalue weighted by Gasteiger charge is 2.40. The number of rotatable bonds is 4. The van der Waals surface area contributed by atoms with Crippen molar-refractivity contribution in [1.29, 1.82) is 0 Å².